The molecule has 5 heteroatoms. The van der Waals surface area contributed by atoms with Crippen molar-refractivity contribution in [1.82, 2.24) is 4.57 Å². The molecule has 4 nitrogen and oxygen atoms in total. The molecule has 102 heavy (non-hydrogen) atoms. The number of hydrogen-bond donors (Lipinski definition) is 0. The van der Waals surface area contributed by atoms with Crippen LogP contribution in [0.5, 0.6) is 0 Å². The number of aromatic nitrogens is 1. The summed E-state index contributed by atoms with van der Waals surface area (Å²) in [5.41, 5.74) is 20.0. The molecule has 0 unspecified atom stereocenters. The SMILES string of the molecule is [2H]c1c([2H])c([2H])c(-c2ccc3c(c2)N(c2ccc(C#N)c(-n4c5ccccc5c5ccccc54)c2)c2cc(-c4cc(C(C)(C)C)cc(C(C)(C)C)c4)cc4c2B3c2ccc(-c3cc(C(C)(C)C)cc(C(C)(C)C)c3)cc2N4c2c(-c3ccccc3)cc(C(C)(C)C)cc2-c2c([2H])c([2H])c(C(C)(C)C)c([2H])c2[2H])c([2H])c1[2H]. The minimum absolute atomic E-state index is 0.0554. The summed E-state index contributed by atoms with van der Waals surface area (Å²) >= 11 is 0. The van der Waals surface area contributed by atoms with Crippen LogP contribution in [0.25, 0.3) is 83.1 Å². The molecule has 0 N–H and O–H groups in total. The van der Waals surface area contributed by atoms with Crippen molar-refractivity contribution in [3.8, 4) is 67.4 Å². The lowest BCUT2D eigenvalue weighted by atomic mass is 9.33. The highest BCUT2D eigenvalue weighted by Gasteiger charge is 2.46. The van der Waals surface area contributed by atoms with Gasteiger partial charge in [0.1, 0.15) is 6.07 Å². The van der Waals surface area contributed by atoms with Crippen LogP contribution in [0.2, 0.25) is 0 Å². The minimum Gasteiger partial charge on any atom is -0.311 e. The van der Waals surface area contributed by atoms with Crippen LogP contribution in [0.1, 0.15) is 176 Å². The van der Waals surface area contributed by atoms with Gasteiger partial charge in [0, 0.05) is 50.3 Å². The molecule has 12 aromatic carbocycles. The predicted octanol–water partition coefficient (Wildman–Crippen LogP) is 24.9. The monoisotopic (exact) mass is 1340 g/mol. The Morgan fingerprint density at radius 1 is 0.324 bits per heavy atom. The van der Waals surface area contributed by atoms with Crippen LogP contribution >= 0.6 is 0 Å². The molecular weight excluding hydrogens is 1230 g/mol. The van der Waals surface area contributed by atoms with Crippen LogP contribution < -0.4 is 26.2 Å². The second-order valence-electron chi connectivity index (χ2n) is 34.4. The Hall–Kier alpha value is -10.4. The third-order valence-corrected chi connectivity index (χ3v) is 21.0. The maximum Gasteiger partial charge on any atom is 0.252 e. The van der Waals surface area contributed by atoms with Gasteiger partial charge in [-0.2, -0.15) is 5.26 Å². The van der Waals surface area contributed by atoms with Crippen molar-refractivity contribution in [1.29, 1.82) is 5.26 Å². The average molecular weight is 1340 g/mol. The molecule has 0 saturated carbocycles. The topological polar surface area (TPSA) is 35.2 Å². The van der Waals surface area contributed by atoms with E-state index in [-0.39, 0.29) is 69.0 Å². The molecule has 13 aromatic rings. The third kappa shape index (κ3) is 11.9. The molecule has 3 heterocycles. The summed E-state index contributed by atoms with van der Waals surface area (Å²) in [4.78, 5) is 4.64. The second kappa shape index (κ2) is 24.4. The van der Waals surface area contributed by atoms with Gasteiger partial charge >= 0.3 is 0 Å². The summed E-state index contributed by atoms with van der Waals surface area (Å²) in [5, 5.41) is 13.5. The van der Waals surface area contributed by atoms with Crippen LogP contribution in [0.4, 0.5) is 34.1 Å². The zero-order valence-corrected chi connectivity index (χ0v) is 62.3. The van der Waals surface area contributed by atoms with Crippen molar-refractivity contribution in [3.63, 3.8) is 0 Å². The average Bonchev–Trinajstić information content (AvgIpc) is 1.28. The zero-order valence-electron chi connectivity index (χ0n) is 71.3. The summed E-state index contributed by atoms with van der Waals surface area (Å²) in [6.07, 6.45) is 0. The molecule has 2 aliphatic heterocycles. The summed E-state index contributed by atoms with van der Waals surface area (Å²) < 4.78 is 89.6. The van der Waals surface area contributed by atoms with Crippen LogP contribution in [-0.4, -0.2) is 11.3 Å². The number of benzene rings is 12. The van der Waals surface area contributed by atoms with Crippen molar-refractivity contribution in [2.24, 2.45) is 0 Å². The Morgan fingerprint density at radius 3 is 1.25 bits per heavy atom. The first kappa shape index (κ1) is 57.2. The van der Waals surface area contributed by atoms with Gasteiger partial charge in [0.05, 0.1) is 40.3 Å². The van der Waals surface area contributed by atoms with Crippen molar-refractivity contribution in [3.05, 3.63) is 287 Å². The van der Waals surface area contributed by atoms with Crippen molar-refractivity contribution >= 4 is 79.0 Å². The second-order valence-corrected chi connectivity index (χ2v) is 34.4. The van der Waals surface area contributed by atoms with E-state index < -0.39 is 35.7 Å². The number of nitrogens with zero attached hydrogens (tertiary/aromatic N) is 4. The normalized spacial score (nSPS) is 14.6. The highest BCUT2D eigenvalue weighted by Crippen LogP contribution is 2.54. The molecule has 0 atom stereocenters. The Bertz CT molecular complexity index is 5940. The number of nitriles is 1. The largest absolute Gasteiger partial charge is 0.311 e. The molecule has 0 fully saturated rings. The van der Waals surface area contributed by atoms with Crippen LogP contribution in [-0.2, 0) is 32.5 Å². The van der Waals surface area contributed by atoms with Gasteiger partial charge in [-0.25, -0.2) is 0 Å². The van der Waals surface area contributed by atoms with Gasteiger partial charge in [-0.3, -0.25) is 0 Å². The summed E-state index contributed by atoms with van der Waals surface area (Å²) in [6.45, 7) is 38.7. The molecule has 1 aromatic heterocycles. The molecule has 0 spiro atoms. The molecule has 2 aliphatic rings. The predicted molar refractivity (Wildman–Crippen MR) is 439 cm³/mol. The van der Waals surface area contributed by atoms with Gasteiger partial charge in [-0.15, -0.1) is 0 Å². The highest BCUT2D eigenvalue weighted by atomic mass is 15.2. The standard InChI is InChI=1S/C97H95BN4/c1-92(2,3)70-42-37-63(38-43-70)80-58-75(97(16,17)18)57-79(62-31-23-20-24-32-62)91(80)102-87-52-65(67-47-71(93(4,5)6)55-72(48-67)94(7,8)9)41-46-82(87)98-81-45-40-64(61-29-21-19-22-30-61)51-86(81)100(88-53-69(54-89(102)90(88)98)68-49-73(95(10,11)12)56-74(50-68)96(13,14)15)76-44-39-66(60-99)85(59-76)101-83-35-27-25-33-77(83)78-34-26-28-36-84(78)101/h19-59H,1-18H3/i19D,21D,22D,29D,30D,37D,38D,42D,43D. The first-order chi connectivity index (χ1) is 52.1. The lowest BCUT2D eigenvalue weighted by Gasteiger charge is -2.45. The maximum atomic E-state index is 11.5. The van der Waals surface area contributed by atoms with Gasteiger partial charge in [0.25, 0.3) is 6.71 Å². The zero-order chi connectivity index (χ0) is 79.7. The van der Waals surface area contributed by atoms with Gasteiger partial charge in [0.2, 0.25) is 0 Å². The molecule has 0 amide bonds. The Kier molecular flexibility index (Phi) is 13.7. The van der Waals surface area contributed by atoms with E-state index in [2.05, 4.69) is 252 Å². The molecule has 0 saturated heterocycles. The first-order valence-corrected chi connectivity index (χ1v) is 35.9. The van der Waals surface area contributed by atoms with E-state index in [4.69, 9.17) is 4.11 Å². The Balaban J connectivity index is 1.18. The third-order valence-electron chi connectivity index (χ3n) is 21.0. The van der Waals surface area contributed by atoms with E-state index in [9.17, 15) is 13.5 Å². The van der Waals surface area contributed by atoms with Gasteiger partial charge in [-0.05, 0) is 193 Å². The quantitative estimate of drug-likeness (QED) is 0.142. The number of anilines is 6. The number of rotatable bonds is 8. The summed E-state index contributed by atoms with van der Waals surface area (Å²) in [6, 6.07) is 68.6. The number of para-hydroxylation sites is 2. The fourth-order valence-corrected chi connectivity index (χ4v) is 15.0. The maximum absolute atomic E-state index is 11.5. The molecule has 0 radical (unpaired) electrons. The van der Waals surface area contributed by atoms with Crippen LogP contribution in [0.3, 0.4) is 0 Å². The van der Waals surface area contributed by atoms with E-state index in [0.717, 1.165) is 105 Å². The van der Waals surface area contributed by atoms with Crippen LogP contribution in [0, 0.1) is 11.3 Å². The number of fused-ring (bicyclic) bond motifs is 7. The fraction of sp³-hybridized carbons (Fsp3) is 0.247. The van der Waals surface area contributed by atoms with E-state index in [1.807, 2.05) is 87.5 Å². The van der Waals surface area contributed by atoms with E-state index in [0.29, 0.717) is 45.0 Å². The van der Waals surface area contributed by atoms with Crippen LogP contribution in [0.15, 0.2) is 249 Å². The Morgan fingerprint density at radius 2 is 0.745 bits per heavy atom. The highest BCUT2D eigenvalue weighted by molar-refractivity contribution is 7.00. The minimum atomic E-state index is -0.759. The molecular formula is C97H95BN4. The van der Waals surface area contributed by atoms with Gasteiger partial charge in [0.15, 0.2) is 0 Å². The van der Waals surface area contributed by atoms with Crippen molar-refractivity contribution in [2.45, 2.75) is 157 Å². The lowest BCUT2D eigenvalue weighted by molar-refractivity contribution is 0.568. The van der Waals surface area contributed by atoms with E-state index in [1.165, 1.54) is 11.1 Å². The molecule has 506 valence electrons. The molecule has 0 bridgehead atoms. The fourth-order valence-electron chi connectivity index (χ4n) is 15.0. The van der Waals surface area contributed by atoms with E-state index >= 15 is 0 Å². The van der Waals surface area contributed by atoms with Crippen molar-refractivity contribution in [2.75, 3.05) is 9.80 Å². The summed E-state index contributed by atoms with van der Waals surface area (Å²) in [5.74, 6) is 0. The number of hydrogen-bond acceptors (Lipinski definition) is 3. The van der Waals surface area contributed by atoms with Crippen molar-refractivity contribution < 1.29 is 12.3 Å². The van der Waals surface area contributed by atoms with Gasteiger partial charge < -0.3 is 14.4 Å². The molecule has 0 aliphatic carbocycles. The lowest BCUT2D eigenvalue weighted by Crippen LogP contribution is -2.61. The van der Waals surface area contributed by atoms with Gasteiger partial charge in [-0.1, -0.05) is 306 Å². The Labute approximate surface area is 619 Å². The molecule has 15 rings (SSSR count). The summed E-state index contributed by atoms with van der Waals surface area (Å²) in [7, 11) is 0. The van der Waals surface area contributed by atoms with E-state index in [1.54, 1.807) is 0 Å². The first-order valence-electron chi connectivity index (χ1n) is 40.4. The smallest absolute Gasteiger partial charge is 0.252 e.